The van der Waals surface area contributed by atoms with Crippen LogP contribution in [-0.2, 0) is 0 Å². The number of hydrogen-bond acceptors (Lipinski definition) is 6. The third kappa shape index (κ3) is 5.08. The first-order valence-corrected chi connectivity index (χ1v) is 11.1. The fourth-order valence-electron chi connectivity index (χ4n) is 2.54. The number of halogens is 4. The summed E-state index contributed by atoms with van der Waals surface area (Å²) in [7, 11) is 0. The molecule has 9 nitrogen and oxygen atoms in total. The molecule has 0 radical (unpaired) electrons. The Balaban J connectivity index is 2.40. The second kappa shape index (κ2) is 10.3. The largest absolute Gasteiger partial charge is 0.478 e. The third-order valence-electron chi connectivity index (χ3n) is 4.05. The molecule has 2 aromatic rings. The van der Waals surface area contributed by atoms with Gasteiger partial charge in [0, 0.05) is 30.0 Å². The standard InChI is InChI=1S/C17H12Br4N2O7/c18-11-9(10(17(27)28)12(19)14(21)13(11)20)16(26)22-8(5-24)15(25)6-1-3-7(4-2-6)23(29)30/h1-4,8,15,24-25H,5H2,(H,22,26)(H,27,28). The number of carbonyl (C=O) groups excluding carboxylic acids is 1. The minimum absolute atomic E-state index is 0.117. The fourth-order valence-corrected chi connectivity index (χ4v) is 5.00. The Hall–Kier alpha value is -1.38. The Morgan fingerprint density at radius 2 is 1.50 bits per heavy atom. The van der Waals surface area contributed by atoms with E-state index in [0.717, 1.165) is 0 Å². The Morgan fingerprint density at radius 1 is 1.00 bits per heavy atom. The molecule has 1 amide bonds. The lowest BCUT2D eigenvalue weighted by molar-refractivity contribution is -0.384. The van der Waals surface area contributed by atoms with Gasteiger partial charge in [0.05, 0.1) is 28.7 Å². The number of aliphatic hydroxyl groups excluding tert-OH is 2. The molecule has 0 saturated heterocycles. The van der Waals surface area contributed by atoms with Crippen LogP contribution in [0.4, 0.5) is 5.69 Å². The number of benzene rings is 2. The number of nitro benzene ring substituents is 1. The smallest absolute Gasteiger partial charge is 0.337 e. The van der Waals surface area contributed by atoms with E-state index in [0.29, 0.717) is 8.95 Å². The van der Waals surface area contributed by atoms with Crippen LogP contribution in [0.1, 0.15) is 32.4 Å². The lowest BCUT2D eigenvalue weighted by atomic mass is 10.0. The molecule has 0 heterocycles. The van der Waals surface area contributed by atoms with E-state index < -0.39 is 35.6 Å². The first kappa shape index (κ1) is 24.9. The zero-order chi connectivity index (χ0) is 22.7. The Labute approximate surface area is 203 Å². The van der Waals surface area contributed by atoms with Crippen LogP contribution in [-0.4, -0.2) is 44.8 Å². The molecule has 2 rings (SSSR count). The van der Waals surface area contributed by atoms with E-state index in [-0.39, 0.29) is 31.3 Å². The number of aromatic carboxylic acids is 1. The molecule has 160 valence electrons. The van der Waals surface area contributed by atoms with Crippen molar-refractivity contribution >= 4 is 81.3 Å². The molecule has 0 bridgehead atoms. The zero-order valence-electron chi connectivity index (χ0n) is 14.6. The number of nitrogens with zero attached hydrogens (tertiary/aromatic N) is 1. The van der Waals surface area contributed by atoms with Gasteiger partial charge >= 0.3 is 5.97 Å². The molecule has 2 atom stereocenters. The van der Waals surface area contributed by atoms with Crippen LogP contribution >= 0.6 is 63.7 Å². The fraction of sp³-hybridized carbons (Fsp3) is 0.176. The van der Waals surface area contributed by atoms with Crippen molar-refractivity contribution in [1.82, 2.24) is 5.32 Å². The van der Waals surface area contributed by atoms with Crippen molar-refractivity contribution in [2.45, 2.75) is 12.1 Å². The highest BCUT2D eigenvalue weighted by Crippen LogP contribution is 2.42. The third-order valence-corrected chi connectivity index (χ3v) is 8.82. The summed E-state index contributed by atoms with van der Waals surface area (Å²) in [5.74, 6) is -2.24. The van der Waals surface area contributed by atoms with Crippen molar-refractivity contribution in [2.75, 3.05) is 6.61 Å². The molecular formula is C17H12Br4N2O7. The van der Waals surface area contributed by atoms with Gasteiger partial charge in [-0.2, -0.15) is 0 Å². The highest BCUT2D eigenvalue weighted by atomic mass is 79.9. The van der Waals surface area contributed by atoms with Crippen LogP contribution in [0.3, 0.4) is 0 Å². The van der Waals surface area contributed by atoms with Crippen molar-refractivity contribution in [3.05, 3.63) is 69.0 Å². The van der Waals surface area contributed by atoms with E-state index >= 15 is 0 Å². The monoisotopic (exact) mass is 672 g/mol. The second-order valence-corrected chi connectivity index (χ2v) is 9.04. The minimum Gasteiger partial charge on any atom is -0.478 e. The molecule has 30 heavy (non-hydrogen) atoms. The number of non-ortho nitro benzene ring substituents is 1. The summed E-state index contributed by atoms with van der Waals surface area (Å²) in [6, 6.07) is 3.73. The average Bonchev–Trinajstić information content (AvgIpc) is 2.71. The van der Waals surface area contributed by atoms with Gasteiger partial charge in [-0.15, -0.1) is 0 Å². The normalized spacial score (nSPS) is 12.9. The summed E-state index contributed by atoms with van der Waals surface area (Å²) in [6.07, 6.45) is -1.41. The highest BCUT2D eigenvalue weighted by Gasteiger charge is 2.30. The summed E-state index contributed by atoms with van der Waals surface area (Å²) in [5.41, 5.74) is -0.541. The predicted octanol–water partition coefficient (Wildman–Crippen LogP) is 4.17. The van der Waals surface area contributed by atoms with Crippen molar-refractivity contribution < 1.29 is 29.8 Å². The molecule has 13 heteroatoms. The summed E-state index contributed by atoms with van der Waals surface area (Å²) >= 11 is 12.8. The van der Waals surface area contributed by atoms with E-state index in [9.17, 15) is 35.0 Å². The predicted molar refractivity (Wildman–Crippen MR) is 121 cm³/mol. The minimum atomic E-state index is -1.41. The van der Waals surface area contributed by atoms with Gasteiger partial charge in [0.25, 0.3) is 11.6 Å². The molecule has 0 aromatic heterocycles. The number of amides is 1. The van der Waals surface area contributed by atoms with E-state index in [1.54, 1.807) is 0 Å². The molecule has 0 aliphatic rings. The molecule has 0 aliphatic heterocycles. The van der Waals surface area contributed by atoms with Gasteiger partial charge in [0.15, 0.2) is 0 Å². The molecule has 2 unspecified atom stereocenters. The number of carboxylic acids is 1. The van der Waals surface area contributed by atoms with Crippen LogP contribution in [0.25, 0.3) is 0 Å². The Bertz CT molecular complexity index is 1010. The number of nitrogens with one attached hydrogen (secondary N) is 1. The van der Waals surface area contributed by atoms with Crippen molar-refractivity contribution in [1.29, 1.82) is 0 Å². The molecule has 4 N–H and O–H groups in total. The zero-order valence-corrected chi connectivity index (χ0v) is 20.9. The number of nitro groups is 1. The molecule has 0 fully saturated rings. The van der Waals surface area contributed by atoms with E-state index in [4.69, 9.17) is 0 Å². The lowest BCUT2D eigenvalue weighted by Crippen LogP contribution is -2.42. The first-order chi connectivity index (χ1) is 14.0. The maximum atomic E-state index is 12.9. The first-order valence-electron chi connectivity index (χ1n) is 7.94. The van der Waals surface area contributed by atoms with Crippen molar-refractivity contribution in [2.24, 2.45) is 0 Å². The summed E-state index contributed by atoms with van der Waals surface area (Å²) in [5, 5.41) is 42.9. The lowest BCUT2D eigenvalue weighted by Gasteiger charge is -2.24. The van der Waals surface area contributed by atoms with Gasteiger partial charge in [0.2, 0.25) is 0 Å². The van der Waals surface area contributed by atoms with Crippen LogP contribution in [0.15, 0.2) is 42.2 Å². The number of carboxylic acid groups (broad SMARTS) is 1. The summed E-state index contributed by atoms with van der Waals surface area (Å²) < 4.78 is 1.01. The van der Waals surface area contributed by atoms with Crippen molar-refractivity contribution in [3.8, 4) is 0 Å². The van der Waals surface area contributed by atoms with Crippen LogP contribution in [0, 0.1) is 10.1 Å². The molecule has 0 saturated carbocycles. The van der Waals surface area contributed by atoms with Crippen LogP contribution < -0.4 is 5.32 Å². The van der Waals surface area contributed by atoms with E-state index in [2.05, 4.69) is 69.0 Å². The van der Waals surface area contributed by atoms with E-state index in [1.165, 1.54) is 24.3 Å². The Morgan fingerprint density at radius 3 is 1.93 bits per heavy atom. The highest BCUT2D eigenvalue weighted by molar-refractivity contribution is 9.15. The Kier molecular flexibility index (Phi) is 8.53. The molecule has 0 spiro atoms. The van der Waals surface area contributed by atoms with Crippen LogP contribution in [0.2, 0.25) is 0 Å². The summed E-state index contributed by atoms with van der Waals surface area (Å²) in [6.45, 7) is -0.678. The van der Waals surface area contributed by atoms with Gasteiger partial charge in [-0.3, -0.25) is 14.9 Å². The average molecular weight is 676 g/mol. The maximum absolute atomic E-state index is 12.9. The van der Waals surface area contributed by atoms with Gasteiger partial charge < -0.3 is 20.6 Å². The van der Waals surface area contributed by atoms with Gasteiger partial charge in [0.1, 0.15) is 6.10 Å². The number of hydrogen-bond donors (Lipinski definition) is 4. The van der Waals surface area contributed by atoms with Gasteiger partial charge in [-0.05, 0) is 81.4 Å². The van der Waals surface area contributed by atoms with Crippen molar-refractivity contribution in [3.63, 3.8) is 0 Å². The van der Waals surface area contributed by atoms with Crippen LogP contribution in [0.5, 0.6) is 0 Å². The van der Waals surface area contributed by atoms with Gasteiger partial charge in [-0.25, -0.2) is 4.79 Å². The summed E-state index contributed by atoms with van der Waals surface area (Å²) in [4.78, 5) is 34.8. The molecular weight excluding hydrogens is 664 g/mol. The topological polar surface area (TPSA) is 150 Å². The SMILES string of the molecule is O=C(O)c1c(Br)c(Br)c(Br)c(Br)c1C(=O)NC(CO)C(O)c1ccc([N+](=O)[O-])cc1. The number of carbonyl (C=O) groups is 2. The number of rotatable bonds is 7. The second-order valence-electron chi connectivity index (χ2n) is 5.87. The quantitative estimate of drug-likeness (QED) is 0.149. The molecule has 0 aliphatic carbocycles. The molecule has 2 aromatic carbocycles. The maximum Gasteiger partial charge on any atom is 0.337 e. The van der Waals surface area contributed by atoms with E-state index in [1.807, 2.05) is 0 Å². The number of aliphatic hydroxyl groups is 2. The van der Waals surface area contributed by atoms with Gasteiger partial charge in [-0.1, -0.05) is 0 Å².